The van der Waals surface area contributed by atoms with Crippen LogP contribution in [-0.2, 0) is 14.4 Å². The van der Waals surface area contributed by atoms with E-state index in [0.29, 0.717) is 18.0 Å². The molecule has 11 heteroatoms. The summed E-state index contributed by atoms with van der Waals surface area (Å²) in [6, 6.07) is 10.7. The van der Waals surface area contributed by atoms with E-state index in [4.69, 9.17) is 9.47 Å². The second-order valence-corrected chi connectivity index (χ2v) is 9.26. The minimum absolute atomic E-state index is 0.0845. The van der Waals surface area contributed by atoms with Gasteiger partial charge in [0.25, 0.3) is 5.91 Å². The van der Waals surface area contributed by atoms with Crippen molar-refractivity contribution in [1.82, 2.24) is 20.4 Å². The van der Waals surface area contributed by atoms with E-state index in [9.17, 15) is 23.6 Å². The molecule has 202 valence electrons. The number of ether oxygens (including phenoxy) is 2. The molecule has 4 amide bonds. The highest BCUT2D eigenvalue weighted by Gasteiger charge is 2.33. The second kappa shape index (κ2) is 12.4. The molecule has 2 aromatic rings. The molecular formula is C27H31FN4O6. The quantitative estimate of drug-likeness (QED) is 0.568. The summed E-state index contributed by atoms with van der Waals surface area (Å²) < 4.78 is 24.5. The number of likely N-dealkylation sites (N-methyl/N-ethyl adjacent to an activating group) is 1. The van der Waals surface area contributed by atoms with Gasteiger partial charge in [-0.15, -0.1) is 0 Å². The van der Waals surface area contributed by atoms with Gasteiger partial charge in [-0.3, -0.25) is 19.2 Å². The molecular weight excluding hydrogens is 495 g/mol. The Morgan fingerprint density at radius 2 is 1.89 bits per heavy atom. The maximum atomic E-state index is 13.2. The highest BCUT2D eigenvalue weighted by atomic mass is 19.1. The highest BCUT2D eigenvalue weighted by Crippen LogP contribution is 2.23. The lowest BCUT2D eigenvalue weighted by Crippen LogP contribution is -2.51. The molecule has 0 aliphatic carbocycles. The summed E-state index contributed by atoms with van der Waals surface area (Å²) in [5.41, 5.74) is 0.221. The number of carbonyl (C=O) groups is 4. The predicted octanol–water partition coefficient (Wildman–Crippen LogP) is 1.35. The molecule has 0 saturated carbocycles. The lowest BCUT2D eigenvalue weighted by atomic mass is 10.1. The zero-order valence-corrected chi connectivity index (χ0v) is 21.2. The molecule has 1 saturated heterocycles. The van der Waals surface area contributed by atoms with Gasteiger partial charge in [0.2, 0.25) is 17.7 Å². The van der Waals surface area contributed by atoms with E-state index in [-0.39, 0.29) is 50.2 Å². The Bertz CT molecular complexity index is 1170. The number of amides is 4. The summed E-state index contributed by atoms with van der Waals surface area (Å²) in [4.78, 5) is 55.1. The number of rotatable bonds is 5. The fourth-order valence-electron chi connectivity index (χ4n) is 4.46. The Morgan fingerprint density at radius 1 is 1.13 bits per heavy atom. The Labute approximate surface area is 220 Å². The van der Waals surface area contributed by atoms with E-state index in [1.54, 1.807) is 29.2 Å². The molecule has 2 heterocycles. The number of nitrogens with one attached hydrogen (secondary N) is 2. The van der Waals surface area contributed by atoms with Gasteiger partial charge in [0, 0.05) is 13.6 Å². The highest BCUT2D eigenvalue weighted by molar-refractivity contribution is 6.01. The van der Waals surface area contributed by atoms with Crippen LogP contribution in [0.25, 0.3) is 0 Å². The molecule has 2 aromatic carbocycles. The SMILES string of the molecule is CN1CC(=O)N2CCC[C@@H]2COc2ccccc2C(=O)N[C@H](C(=O)NCCOc2ccc(F)cc2)CC1=O. The van der Waals surface area contributed by atoms with Gasteiger partial charge < -0.3 is 29.9 Å². The first kappa shape index (κ1) is 26.9. The van der Waals surface area contributed by atoms with Crippen LogP contribution in [0.2, 0.25) is 0 Å². The zero-order chi connectivity index (χ0) is 27.1. The van der Waals surface area contributed by atoms with Crippen molar-refractivity contribution in [3.8, 4) is 11.5 Å². The summed E-state index contributed by atoms with van der Waals surface area (Å²) in [7, 11) is 1.50. The number of nitrogens with zero attached hydrogens (tertiary/aromatic N) is 2. The normalized spacial score (nSPS) is 20.5. The van der Waals surface area contributed by atoms with Crippen molar-refractivity contribution in [2.45, 2.75) is 31.3 Å². The smallest absolute Gasteiger partial charge is 0.255 e. The fourth-order valence-corrected chi connectivity index (χ4v) is 4.46. The van der Waals surface area contributed by atoms with Gasteiger partial charge in [0.05, 0.1) is 31.1 Å². The first-order chi connectivity index (χ1) is 18.3. The van der Waals surface area contributed by atoms with Crippen LogP contribution in [0.5, 0.6) is 11.5 Å². The summed E-state index contributed by atoms with van der Waals surface area (Å²) in [5, 5.41) is 5.30. The molecule has 2 aliphatic rings. The van der Waals surface area contributed by atoms with Crippen LogP contribution in [0.1, 0.15) is 29.6 Å². The third kappa shape index (κ3) is 6.78. The van der Waals surface area contributed by atoms with Crippen LogP contribution >= 0.6 is 0 Å². The number of hydrogen-bond acceptors (Lipinski definition) is 6. The molecule has 2 atom stereocenters. The molecule has 0 bridgehead atoms. The molecule has 1 fully saturated rings. The van der Waals surface area contributed by atoms with Crippen LogP contribution in [0.15, 0.2) is 48.5 Å². The number of para-hydroxylation sites is 1. The second-order valence-electron chi connectivity index (χ2n) is 9.26. The van der Waals surface area contributed by atoms with Gasteiger partial charge in [0.15, 0.2) is 0 Å². The number of carbonyl (C=O) groups excluding carboxylic acids is 4. The van der Waals surface area contributed by atoms with Gasteiger partial charge in [-0.05, 0) is 49.2 Å². The number of fused-ring (bicyclic) bond motifs is 2. The van der Waals surface area contributed by atoms with Crippen molar-refractivity contribution >= 4 is 23.6 Å². The van der Waals surface area contributed by atoms with E-state index >= 15 is 0 Å². The van der Waals surface area contributed by atoms with Crippen molar-refractivity contribution in [2.24, 2.45) is 0 Å². The fraction of sp³-hybridized carbons (Fsp3) is 0.407. The molecule has 10 nitrogen and oxygen atoms in total. The van der Waals surface area contributed by atoms with Crippen LogP contribution in [0.3, 0.4) is 0 Å². The van der Waals surface area contributed by atoms with Crippen molar-refractivity contribution in [1.29, 1.82) is 0 Å². The van der Waals surface area contributed by atoms with Gasteiger partial charge in [-0.1, -0.05) is 12.1 Å². The monoisotopic (exact) mass is 526 g/mol. The Hall–Kier alpha value is -4.15. The largest absolute Gasteiger partial charge is 0.492 e. The molecule has 2 N–H and O–H groups in total. The van der Waals surface area contributed by atoms with E-state index in [0.717, 1.165) is 12.8 Å². The average molecular weight is 527 g/mol. The number of halogens is 1. The molecule has 38 heavy (non-hydrogen) atoms. The van der Waals surface area contributed by atoms with Gasteiger partial charge >= 0.3 is 0 Å². The van der Waals surface area contributed by atoms with Crippen molar-refractivity contribution < 1.29 is 33.0 Å². The van der Waals surface area contributed by atoms with Crippen molar-refractivity contribution in [2.75, 3.05) is 39.9 Å². The summed E-state index contributed by atoms with van der Waals surface area (Å²) in [5.74, 6) is -1.42. The molecule has 0 aromatic heterocycles. The maximum absolute atomic E-state index is 13.2. The Kier molecular flexibility index (Phi) is 8.77. The lowest BCUT2D eigenvalue weighted by Gasteiger charge is -2.29. The molecule has 2 aliphatic heterocycles. The predicted molar refractivity (Wildman–Crippen MR) is 135 cm³/mol. The molecule has 0 radical (unpaired) electrons. The number of benzene rings is 2. The maximum Gasteiger partial charge on any atom is 0.255 e. The summed E-state index contributed by atoms with van der Waals surface area (Å²) >= 11 is 0. The number of hydrogen-bond donors (Lipinski definition) is 2. The van der Waals surface area contributed by atoms with Crippen molar-refractivity contribution in [3.63, 3.8) is 0 Å². The first-order valence-electron chi connectivity index (χ1n) is 12.5. The average Bonchev–Trinajstić information content (AvgIpc) is 3.39. The van der Waals surface area contributed by atoms with E-state index < -0.39 is 29.6 Å². The molecule has 4 rings (SSSR count). The molecule has 0 spiro atoms. The van der Waals surface area contributed by atoms with Crippen molar-refractivity contribution in [3.05, 3.63) is 59.9 Å². The standard InChI is InChI=1S/C27H31FN4O6/c1-31-16-25(34)32-13-4-5-19(32)17-38-23-7-3-2-6-21(23)26(35)30-22(15-24(31)33)27(36)29-12-14-37-20-10-8-18(28)9-11-20/h2-3,6-11,19,22H,4-5,12-17H2,1H3,(H,29,36)(H,30,35)/t19-,22+/m1/s1. The van der Waals surface area contributed by atoms with E-state index in [1.807, 2.05) is 0 Å². The summed E-state index contributed by atoms with van der Waals surface area (Å²) in [6.07, 6.45) is 1.25. The Morgan fingerprint density at radius 3 is 2.68 bits per heavy atom. The van der Waals surface area contributed by atoms with Crippen LogP contribution in [0.4, 0.5) is 4.39 Å². The lowest BCUT2D eigenvalue weighted by molar-refractivity contribution is -0.141. The van der Waals surface area contributed by atoms with Crippen LogP contribution in [-0.4, -0.2) is 85.4 Å². The van der Waals surface area contributed by atoms with Gasteiger partial charge in [-0.2, -0.15) is 0 Å². The zero-order valence-electron chi connectivity index (χ0n) is 21.2. The third-order valence-electron chi connectivity index (χ3n) is 6.54. The van der Waals surface area contributed by atoms with Crippen LogP contribution in [0, 0.1) is 5.82 Å². The first-order valence-corrected chi connectivity index (χ1v) is 12.5. The minimum atomic E-state index is -1.20. The van der Waals surface area contributed by atoms with Gasteiger partial charge in [0.1, 0.15) is 36.6 Å². The van der Waals surface area contributed by atoms with E-state index in [1.165, 1.54) is 36.2 Å². The molecule has 0 unspecified atom stereocenters. The summed E-state index contributed by atoms with van der Waals surface area (Å²) in [6.45, 7) is 0.822. The van der Waals surface area contributed by atoms with Crippen LogP contribution < -0.4 is 20.1 Å². The Balaban J connectivity index is 1.47. The topological polar surface area (TPSA) is 117 Å². The minimum Gasteiger partial charge on any atom is -0.492 e. The van der Waals surface area contributed by atoms with E-state index in [2.05, 4.69) is 10.6 Å². The third-order valence-corrected chi connectivity index (χ3v) is 6.54. The van der Waals surface area contributed by atoms with Gasteiger partial charge in [-0.25, -0.2) is 4.39 Å².